The van der Waals surface area contributed by atoms with Crippen LogP contribution in [0.5, 0.6) is 0 Å². The molecule has 2 fully saturated rings. The van der Waals surface area contributed by atoms with Crippen molar-refractivity contribution in [2.24, 2.45) is 0 Å². The Morgan fingerprint density at radius 1 is 0.842 bits per heavy atom. The molecular formula is C14H24N2O3. The first-order valence-electron chi connectivity index (χ1n) is 7.48. The summed E-state index contributed by atoms with van der Waals surface area (Å²) in [6, 6.07) is -0.680. The molecule has 108 valence electrons. The van der Waals surface area contributed by atoms with Crippen LogP contribution in [0.15, 0.2) is 0 Å². The third-order valence-corrected chi connectivity index (χ3v) is 4.16. The lowest BCUT2D eigenvalue weighted by Crippen LogP contribution is -2.53. The standard InChI is InChI=1S/C14H24N2O3/c17-13(18)12-8-4-7-11-16(12)14(19)15-9-5-2-1-3-6-10-15/h12H,1-11H2,(H,17,18). The second-order valence-electron chi connectivity index (χ2n) is 5.58. The summed E-state index contributed by atoms with van der Waals surface area (Å²) in [6.45, 7) is 2.15. The van der Waals surface area contributed by atoms with Gasteiger partial charge in [-0.3, -0.25) is 0 Å². The van der Waals surface area contributed by atoms with E-state index in [0.29, 0.717) is 13.0 Å². The van der Waals surface area contributed by atoms with Gasteiger partial charge in [-0.15, -0.1) is 0 Å². The van der Waals surface area contributed by atoms with Crippen LogP contribution in [0.25, 0.3) is 0 Å². The van der Waals surface area contributed by atoms with Crippen LogP contribution in [0.3, 0.4) is 0 Å². The van der Waals surface area contributed by atoms with Gasteiger partial charge in [0.2, 0.25) is 0 Å². The van der Waals surface area contributed by atoms with E-state index in [2.05, 4.69) is 0 Å². The largest absolute Gasteiger partial charge is 0.480 e. The van der Waals surface area contributed by atoms with Crippen LogP contribution >= 0.6 is 0 Å². The fourth-order valence-corrected chi connectivity index (χ4v) is 3.04. The SMILES string of the molecule is O=C(O)C1CCCCN1C(=O)N1CCCCCCC1. The van der Waals surface area contributed by atoms with E-state index >= 15 is 0 Å². The molecule has 1 unspecified atom stereocenters. The molecule has 0 aromatic rings. The van der Waals surface area contributed by atoms with Gasteiger partial charge in [0.1, 0.15) is 6.04 Å². The number of carboxylic acid groups (broad SMARTS) is 1. The Morgan fingerprint density at radius 2 is 1.42 bits per heavy atom. The molecule has 1 atom stereocenters. The zero-order chi connectivity index (χ0) is 13.7. The van der Waals surface area contributed by atoms with Gasteiger partial charge in [-0.05, 0) is 32.1 Å². The Hall–Kier alpha value is -1.26. The van der Waals surface area contributed by atoms with Gasteiger partial charge < -0.3 is 14.9 Å². The summed E-state index contributed by atoms with van der Waals surface area (Å²) in [5.41, 5.74) is 0. The Balaban J connectivity index is 2.00. The highest BCUT2D eigenvalue weighted by Crippen LogP contribution is 2.20. The molecule has 0 bridgehead atoms. The molecule has 0 aliphatic carbocycles. The molecule has 2 aliphatic rings. The van der Waals surface area contributed by atoms with Gasteiger partial charge in [0, 0.05) is 19.6 Å². The topological polar surface area (TPSA) is 60.9 Å². The maximum absolute atomic E-state index is 12.5. The molecule has 0 aromatic heterocycles. The van der Waals surface area contributed by atoms with Gasteiger partial charge >= 0.3 is 12.0 Å². The lowest BCUT2D eigenvalue weighted by Gasteiger charge is -2.37. The molecular weight excluding hydrogens is 244 g/mol. The smallest absolute Gasteiger partial charge is 0.326 e. The van der Waals surface area contributed by atoms with Crippen LogP contribution in [-0.4, -0.2) is 52.6 Å². The number of carboxylic acids is 1. The molecule has 2 amide bonds. The van der Waals surface area contributed by atoms with Gasteiger partial charge in [-0.2, -0.15) is 0 Å². The number of nitrogens with zero attached hydrogens (tertiary/aromatic N) is 2. The third-order valence-electron chi connectivity index (χ3n) is 4.16. The summed E-state index contributed by atoms with van der Waals surface area (Å²) in [4.78, 5) is 27.2. The van der Waals surface area contributed by atoms with Crippen LogP contribution in [0, 0.1) is 0 Å². The number of urea groups is 1. The quantitative estimate of drug-likeness (QED) is 0.794. The Kier molecular flexibility index (Phi) is 5.05. The van der Waals surface area contributed by atoms with Crippen LogP contribution < -0.4 is 0 Å². The monoisotopic (exact) mass is 268 g/mol. The number of rotatable bonds is 1. The first-order chi connectivity index (χ1) is 9.20. The predicted octanol–water partition coefficient (Wildman–Crippen LogP) is 2.31. The van der Waals surface area contributed by atoms with E-state index < -0.39 is 12.0 Å². The first kappa shape index (κ1) is 14.2. The Morgan fingerprint density at radius 3 is 2.05 bits per heavy atom. The summed E-state index contributed by atoms with van der Waals surface area (Å²) in [5, 5.41) is 9.24. The molecule has 0 spiro atoms. The third kappa shape index (κ3) is 3.61. The van der Waals surface area contributed by atoms with Crippen molar-refractivity contribution in [2.45, 2.75) is 57.4 Å². The van der Waals surface area contributed by atoms with E-state index in [-0.39, 0.29) is 6.03 Å². The van der Waals surface area contributed by atoms with Gasteiger partial charge in [-0.25, -0.2) is 9.59 Å². The van der Waals surface area contributed by atoms with E-state index in [9.17, 15) is 14.7 Å². The van der Waals surface area contributed by atoms with E-state index in [0.717, 1.165) is 38.8 Å². The van der Waals surface area contributed by atoms with Crippen molar-refractivity contribution in [3.63, 3.8) is 0 Å². The second-order valence-corrected chi connectivity index (χ2v) is 5.58. The van der Waals surface area contributed by atoms with Crippen molar-refractivity contribution in [1.29, 1.82) is 0 Å². The van der Waals surface area contributed by atoms with Crippen molar-refractivity contribution >= 4 is 12.0 Å². The van der Waals surface area contributed by atoms with Crippen LogP contribution in [-0.2, 0) is 4.79 Å². The van der Waals surface area contributed by atoms with Crippen molar-refractivity contribution < 1.29 is 14.7 Å². The lowest BCUT2D eigenvalue weighted by molar-refractivity contribution is -0.143. The highest BCUT2D eigenvalue weighted by atomic mass is 16.4. The minimum atomic E-state index is -0.861. The number of likely N-dealkylation sites (tertiary alicyclic amines) is 2. The lowest BCUT2D eigenvalue weighted by atomic mass is 10.0. The molecule has 2 aliphatic heterocycles. The number of carbonyl (C=O) groups is 2. The van der Waals surface area contributed by atoms with Crippen LogP contribution in [0.1, 0.15) is 51.4 Å². The number of carbonyl (C=O) groups excluding carboxylic acids is 1. The molecule has 5 nitrogen and oxygen atoms in total. The fourth-order valence-electron chi connectivity index (χ4n) is 3.04. The zero-order valence-electron chi connectivity index (χ0n) is 11.5. The van der Waals surface area contributed by atoms with Crippen LogP contribution in [0.4, 0.5) is 4.79 Å². The number of piperidine rings is 1. The summed E-state index contributed by atoms with van der Waals surface area (Å²) >= 11 is 0. The van der Waals surface area contributed by atoms with E-state index in [1.165, 1.54) is 19.3 Å². The van der Waals surface area contributed by atoms with Gasteiger partial charge in [0.25, 0.3) is 0 Å². The Labute approximate surface area is 114 Å². The number of aliphatic carboxylic acids is 1. The molecule has 0 aromatic carbocycles. The average molecular weight is 268 g/mol. The van der Waals surface area contributed by atoms with Crippen LogP contribution in [0.2, 0.25) is 0 Å². The number of hydrogen-bond acceptors (Lipinski definition) is 2. The minimum absolute atomic E-state index is 0.0611. The summed E-state index contributed by atoms with van der Waals surface area (Å²) < 4.78 is 0. The summed E-state index contributed by atoms with van der Waals surface area (Å²) in [6.07, 6.45) is 8.09. The van der Waals surface area contributed by atoms with Gasteiger partial charge in [-0.1, -0.05) is 19.3 Å². The molecule has 2 saturated heterocycles. The first-order valence-corrected chi connectivity index (χ1v) is 7.48. The van der Waals surface area contributed by atoms with Gasteiger partial charge in [0.15, 0.2) is 0 Å². The van der Waals surface area contributed by atoms with Crippen molar-refractivity contribution in [3.05, 3.63) is 0 Å². The van der Waals surface area contributed by atoms with E-state index in [1.807, 2.05) is 4.90 Å². The number of hydrogen-bond donors (Lipinski definition) is 1. The maximum Gasteiger partial charge on any atom is 0.326 e. The number of amides is 2. The molecule has 2 heterocycles. The molecule has 2 rings (SSSR count). The average Bonchev–Trinajstić information content (AvgIpc) is 2.37. The maximum atomic E-state index is 12.5. The predicted molar refractivity (Wildman–Crippen MR) is 72.0 cm³/mol. The van der Waals surface area contributed by atoms with E-state index in [4.69, 9.17) is 0 Å². The molecule has 0 radical (unpaired) electrons. The van der Waals surface area contributed by atoms with E-state index in [1.54, 1.807) is 4.90 Å². The summed E-state index contributed by atoms with van der Waals surface area (Å²) in [5.74, 6) is -0.861. The van der Waals surface area contributed by atoms with Crippen molar-refractivity contribution in [3.8, 4) is 0 Å². The highest BCUT2D eigenvalue weighted by Gasteiger charge is 2.34. The zero-order valence-corrected chi connectivity index (χ0v) is 11.5. The van der Waals surface area contributed by atoms with Crippen molar-refractivity contribution in [2.75, 3.05) is 19.6 Å². The van der Waals surface area contributed by atoms with Crippen molar-refractivity contribution in [1.82, 2.24) is 9.80 Å². The summed E-state index contributed by atoms with van der Waals surface area (Å²) in [7, 11) is 0. The molecule has 0 saturated carbocycles. The molecule has 19 heavy (non-hydrogen) atoms. The molecule has 5 heteroatoms. The van der Waals surface area contributed by atoms with Gasteiger partial charge in [0.05, 0.1) is 0 Å². The fraction of sp³-hybridized carbons (Fsp3) is 0.857. The Bertz CT molecular complexity index is 325. The minimum Gasteiger partial charge on any atom is -0.480 e. The highest BCUT2D eigenvalue weighted by molar-refractivity contribution is 5.83. The normalized spacial score (nSPS) is 25.6. The molecule has 1 N–H and O–H groups in total. The second kappa shape index (κ2) is 6.78.